The van der Waals surface area contributed by atoms with Crippen LogP contribution in [0.3, 0.4) is 0 Å². The third-order valence-corrected chi connectivity index (χ3v) is 6.54. The molecule has 0 aliphatic heterocycles. The molecule has 0 unspecified atom stereocenters. The molecule has 32 heavy (non-hydrogen) atoms. The summed E-state index contributed by atoms with van der Waals surface area (Å²) >= 11 is 0. The van der Waals surface area contributed by atoms with Gasteiger partial charge in [-0.3, -0.25) is 9.59 Å². The SMILES string of the molecule is CCCOC(=O)C1(COc2c(-c3cccc4c3CCC4=O)ccc(OC)c2OC)CCC1. The van der Waals surface area contributed by atoms with Crippen molar-refractivity contribution in [1.82, 2.24) is 0 Å². The van der Waals surface area contributed by atoms with E-state index in [1.54, 1.807) is 14.2 Å². The Hall–Kier alpha value is -3.02. The number of carbonyl (C=O) groups is 2. The fraction of sp³-hybridized carbons (Fsp3) is 0.462. The van der Waals surface area contributed by atoms with Gasteiger partial charge >= 0.3 is 5.97 Å². The molecule has 2 aliphatic rings. The lowest BCUT2D eigenvalue weighted by Crippen LogP contribution is -2.44. The Bertz CT molecular complexity index is 1020. The normalized spacial score (nSPS) is 16.2. The van der Waals surface area contributed by atoms with E-state index in [4.69, 9.17) is 18.9 Å². The van der Waals surface area contributed by atoms with Crippen LogP contribution in [0, 0.1) is 5.41 Å². The maximum absolute atomic E-state index is 12.8. The molecule has 0 saturated heterocycles. The Morgan fingerprint density at radius 3 is 2.41 bits per heavy atom. The number of rotatable bonds is 9. The second-order valence-corrected chi connectivity index (χ2v) is 8.49. The molecule has 0 spiro atoms. The molecule has 1 saturated carbocycles. The summed E-state index contributed by atoms with van der Waals surface area (Å²) < 4.78 is 23.0. The van der Waals surface area contributed by atoms with Crippen LogP contribution in [0.1, 0.15) is 54.9 Å². The summed E-state index contributed by atoms with van der Waals surface area (Å²) in [7, 11) is 3.15. The summed E-state index contributed by atoms with van der Waals surface area (Å²) in [6.45, 7) is 2.60. The Morgan fingerprint density at radius 1 is 0.969 bits per heavy atom. The monoisotopic (exact) mass is 438 g/mol. The van der Waals surface area contributed by atoms with Crippen molar-refractivity contribution < 1.29 is 28.5 Å². The van der Waals surface area contributed by atoms with Crippen LogP contribution < -0.4 is 14.2 Å². The van der Waals surface area contributed by atoms with Gasteiger partial charge in [-0.05, 0) is 48.9 Å². The summed E-state index contributed by atoms with van der Waals surface area (Å²) in [5.41, 5.74) is 2.93. The molecular formula is C26H30O6. The second-order valence-electron chi connectivity index (χ2n) is 8.49. The lowest BCUT2D eigenvalue weighted by atomic mass is 9.69. The molecule has 0 bridgehead atoms. The largest absolute Gasteiger partial charge is 0.493 e. The number of hydrogen-bond donors (Lipinski definition) is 0. The Balaban J connectivity index is 1.73. The minimum absolute atomic E-state index is 0.164. The first kappa shape index (κ1) is 22.2. The van der Waals surface area contributed by atoms with E-state index >= 15 is 0 Å². The first-order valence-electron chi connectivity index (χ1n) is 11.2. The molecule has 2 aromatic rings. The molecule has 1 fully saturated rings. The predicted octanol–water partition coefficient (Wildman–Crippen LogP) is 5.00. The van der Waals surface area contributed by atoms with Crippen molar-refractivity contribution in [3.05, 3.63) is 41.5 Å². The smallest absolute Gasteiger partial charge is 0.315 e. The number of ether oxygens (including phenoxy) is 4. The van der Waals surface area contributed by atoms with Gasteiger partial charge in [-0.2, -0.15) is 0 Å². The maximum Gasteiger partial charge on any atom is 0.315 e. The lowest BCUT2D eigenvalue weighted by molar-refractivity contribution is -0.164. The first-order chi connectivity index (χ1) is 15.5. The van der Waals surface area contributed by atoms with Crippen LogP contribution in [0.25, 0.3) is 11.1 Å². The molecule has 2 aromatic carbocycles. The summed E-state index contributed by atoms with van der Waals surface area (Å²) in [5.74, 6) is 1.51. The fourth-order valence-corrected chi connectivity index (χ4v) is 4.57. The highest BCUT2D eigenvalue weighted by Gasteiger charge is 2.47. The number of ketones is 1. The van der Waals surface area contributed by atoms with Crippen LogP contribution in [0.15, 0.2) is 30.3 Å². The Labute approximate surface area is 188 Å². The number of esters is 1. The highest BCUT2D eigenvalue weighted by atomic mass is 16.5. The number of fused-ring (bicyclic) bond motifs is 1. The second kappa shape index (κ2) is 9.23. The molecule has 6 heteroatoms. The van der Waals surface area contributed by atoms with Gasteiger partial charge in [0.25, 0.3) is 0 Å². The third-order valence-electron chi connectivity index (χ3n) is 6.54. The average Bonchev–Trinajstić information content (AvgIpc) is 3.17. The number of Topliss-reactive ketones (excluding diaryl/α,β-unsaturated/α-hetero) is 1. The van der Waals surface area contributed by atoms with Crippen LogP contribution in [-0.4, -0.2) is 39.2 Å². The van der Waals surface area contributed by atoms with E-state index in [0.29, 0.717) is 36.7 Å². The molecule has 0 aromatic heterocycles. The quantitative estimate of drug-likeness (QED) is 0.513. The molecule has 0 atom stereocenters. The number of methoxy groups -OCH3 is 2. The maximum atomic E-state index is 12.8. The Morgan fingerprint density at radius 2 is 1.75 bits per heavy atom. The molecule has 0 heterocycles. The van der Waals surface area contributed by atoms with Gasteiger partial charge in [-0.25, -0.2) is 0 Å². The summed E-state index contributed by atoms with van der Waals surface area (Å²) in [6, 6.07) is 9.54. The molecule has 170 valence electrons. The molecule has 2 aliphatic carbocycles. The van der Waals surface area contributed by atoms with E-state index < -0.39 is 5.41 Å². The van der Waals surface area contributed by atoms with E-state index in [1.165, 1.54) is 0 Å². The van der Waals surface area contributed by atoms with Gasteiger partial charge < -0.3 is 18.9 Å². The van der Waals surface area contributed by atoms with E-state index in [0.717, 1.165) is 47.9 Å². The summed E-state index contributed by atoms with van der Waals surface area (Å²) in [6.07, 6.45) is 4.46. The highest BCUT2D eigenvalue weighted by molar-refractivity contribution is 6.02. The number of carbonyl (C=O) groups excluding carboxylic acids is 2. The topological polar surface area (TPSA) is 71.1 Å². The first-order valence-corrected chi connectivity index (χ1v) is 11.2. The van der Waals surface area contributed by atoms with Gasteiger partial charge in [0.1, 0.15) is 12.0 Å². The van der Waals surface area contributed by atoms with Crippen molar-refractivity contribution in [2.24, 2.45) is 5.41 Å². The van der Waals surface area contributed by atoms with Crippen LogP contribution in [0.2, 0.25) is 0 Å². The molecule has 0 radical (unpaired) electrons. The molecular weight excluding hydrogens is 408 g/mol. The van der Waals surface area contributed by atoms with Crippen molar-refractivity contribution in [2.45, 2.75) is 45.4 Å². The van der Waals surface area contributed by atoms with Crippen molar-refractivity contribution in [2.75, 3.05) is 27.4 Å². The lowest BCUT2D eigenvalue weighted by Gasteiger charge is -2.39. The van der Waals surface area contributed by atoms with E-state index in [2.05, 4.69) is 0 Å². The van der Waals surface area contributed by atoms with Gasteiger partial charge in [0.05, 0.1) is 20.8 Å². The van der Waals surface area contributed by atoms with E-state index in [-0.39, 0.29) is 18.4 Å². The number of benzene rings is 2. The van der Waals surface area contributed by atoms with E-state index in [9.17, 15) is 9.59 Å². The summed E-state index contributed by atoms with van der Waals surface area (Å²) in [4.78, 5) is 25.0. The van der Waals surface area contributed by atoms with Crippen LogP contribution in [0.5, 0.6) is 17.2 Å². The average molecular weight is 439 g/mol. The molecule has 0 N–H and O–H groups in total. The zero-order valence-corrected chi connectivity index (χ0v) is 19.0. The fourth-order valence-electron chi connectivity index (χ4n) is 4.57. The van der Waals surface area contributed by atoms with Gasteiger partial charge in [0.15, 0.2) is 17.3 Å². The van der Waals surface area contributed by atoms with Crippen molar-refractivity contribution >= 4 is 11.8 Å². The van der Waals surface area contributed by atoms with Gasteiger partial charge in [0.2, 0.25) is 5.75 Å². The standard InChI is InChI=1S/C26H30O6/c1-4-15-31-25(28)26(13-6-14-26)16-32-23-20(10-12-22(29-2)24(23)30-3)17-7-5-8-19-18(17)9-11-21(19)27/h5,7-8,10,12H,4,6,9,11,13-16H2,1-3H3. The minimum atomic E-state index is -0.630. The highest BCUT2D eigenvalue weighted by Crippen LogP contribution is 2.49. The minimum Gasteiger partial charge on any atom is -0.493 e. The molecule has 6 nitrogen and oxygen atoms in total. The zero-order valence-electron chi connectivity index (χ0n) is 19.0. The summed E-state index contributed by atoms with van der Waals surface area (Å²) in [5, 5.41) is 0. The van der Waals surface area contributed by atoms with Gasteiger partial charge in [0, 0.05) is 17.5 Å². The van der Waals surface area contributed by atoms with Crippen LogP contribution in [0.4, 0.5) is 0 Å². The van der Waals surface area contributed by atoms with Gasteiger partial charge in [-0.1, -0.05) is 31.5 Å². The van der Waals surface area contributed by atoms with Crippen molar-refractivity contribution in [1.29, 1.82) is 0 Å². The number of hydrogen-bond acceptors (Lipinski definition) is 6. The van der Waals surface area contributed by atoms with Crippen LogP contribution in [-0.2, 0) is 16.0 Å². The molecule has 4 rings (SSSR count). The van der Waals surface area contributed by atoms with Crippen molar-refractivity contribution in [3.8, 4) is 28.4 Å². The van der Waals surface area contributed by atoms with Crippen LogP contribution >= 0.6 is 0 Å². The van der Waals surface area contributed by atoms with Gasteiger partial charge in [-0.15, -0.1) is 0 Å². The Kier molecular flexibility index (Phi) is 6.40. The van der Waals surface area contributed by atoms with Crippen molar-refractivity contribution in [3.63, 3.8) is 0 Å². The third kappa shape index (κ3) is 3.83. The van der Waals surface area contributed by atoms with E-state index in [1.807, 2.05) is 37.3 Å². The predicted molar refractivity (Wildman–Crippen MR) is 121 cm³/mol. The zero-order chi connectivity index (χ0) is 22.7. The molecule has 0 amide bonds.